The topological polar surface area (TPSA) is 88.0 Å². The summed E-state index contributed by atoms with van der Waals surface area (Å²) in [7, 11) is 0. The third-order valence-corrected chi connectivity index (χ3v) is 6.16. The number of aryl methyl sites for hydroxylation is 1. The molecule has 1 amide bonds. The standard InChI is InChI=1S/C25H29N5O/c1-18-13-20(17-30(18)25(31)10-7-19-5-3-2-4-6-19)16-29-12-11-23-24(29)9-8-22(28-23)21(14-26)15-27/h2-6,8-9,11-12,14-15,18,20,26H,7,10,13,16-17,27H2,1H3/b21-15+,26-14?/t18-,20?/m0/s1. The number of benzene rings is 1. The number of carbonyl (C=O) groups is 1. The van der Waals surface area contributed by atoms with Gasteiger partial charge in [-0.3, -0.25) is 4.79 Å². The number of rotatable bonds is 7. The fraction of sp³-hybridized carbons (Fsp3) is 0.320. The van der Waals surface area contributed by atoms with Gasteiger partial charge in [0, 0.05) is 49.7 Å². The minimum absolute atomic E-state index is 0.246. The number of carbonyl (C=O) groups excluding carboxylic acids is 1. The normalized spacial score (nSPS) is 19.1. The number of amides is 1. The number of nitrogens with one attached hydrogen (secondary N) is 1. The lowest BCUT2D eigenvalue weighted by Crippen LogP contribution is -2.34. The Kier molecular flexibility index (Phi) is 6.16. The predicted octanol–water partition coefficient (Wildman–Crippen LogP) is 3.86. The maximum absolute atomic E-state index is 12.8. The Labute approximate surface area is 182 Å². The van der Waals surface area contributed by atoms with Crippen molar-refractivity contribution in [1.82, 2.24) is 14.5 Å². The van der Waals surface area contributed by atoms with Gasteiger partial charge in [0.25, 0.3) is 0 Å². The van der Waals surface area contributed by atoms with Gasteiger partial charge < -0.3 is 20.6 Å². The summed E-state index contributed by atoms with van der Waals surface area (Å²) in [6.07, 6.45) is 7.04. The molecule has 31 heavy (non-hydrogen) atoms. The highest BCUT2D eigenvalue weighted by Gasteiger charge is 2.32. The van der Waals surface area contributed by atoms with Crippen LogP contribution >= 0.6 is 0 Å². The number of allylic oxidation sites excluding steroid dienone is 1. The lowest BCUT2D eigenvalue weighted by molar-refractivity contribution is -0.131. The minimum atomic E-state index is 0.246. The van der Waals surface area contributed by atoms with Crippen molar-refractivity contribution in [2.24, 2.45) is 11.7 Å². The second-order valence-corrected chi connectivity index (χ2v) is 8.32. The van der Waals surface area contributed by atoms with E-state index in [-0.39, 0.29) is 11.9 Å². The number of likely N-dealkylation sites (tertiary alicyclic amines) is 1. The number of fused-ring (bicyclic) bond motifs is 1. The van der Waals surface area contributed by atoms with E-state index in [1.165, 1.54) is 18.0 Å². The molecule has 0 aliphatic carbocycles. The summed E-state index contributed by atoms with van der Waals surface area (Å²) in [6, 6.07) is 16.4. The Hall–Kier alpha value is -3.41. The molecule has 2 atom stereocenters. The molecule has 4 rings (SSSR count). The molecule has 1 aliphatic heterocycles. The van der Waals surface area contributed by atoms with Crippen molar-refractivity contribution in [3.05, 3.63) is 72.2 Å². The SMILES string of the molecule is C[C@H]1CC(Cn2ccc3nc(/C(C=N)=C/N)ccc32)CN1C(=O)CCc1ccccc1. The second kappa shape index (κ2) is 9.16. The lowest BCUT2D eigenvalue weighted by atomic mass is 10.1. The van der Waals surface area contributed by atoms with Gasteiger partial charge >= 0.3 is 0 Å². The summed E-state index contributed by atoms with van der Waals surface area (Å²) < 4.78 is 2.22. The van der Waals surface area contributed by atoms with E-state index in [9.17, 15) is 4.79 Å². The van der Waals surface area contributed by atoms with Gasteiger partial charge in [0.2, 0.25) is 5.91 Å². The Morgan fingerprint density at radius 2 is 2.03 bits per heavy atom. The molecule has 0 radical (unpaired) electrons. The molecule has 6 nitrogen and oxygen atoms in total. The van der Waals surface area contributed by atoms with Crippen LogP contribution in [0.1, 0.15) is 31.0 Å². The van der Waals surface area contributed by atoms with E-state index >= 15 is 0 Å². The van der Waals surface area contributed by atoms with Gasteiger partial charge in [0.15, 0.2) is 0 Å². The quantitative estimate of drug-likeness (QED) is 0.575. The van der Waals surface area contributed by atoms with Crippen molar-refractivity contribution in [2.45, 2.75) is 38.8 Å². The van der Waals surface area contributed by atoms with Gasteiger partial charge in [-0.25, -0.2) is 4.98 Å². The number of nitrogens with zero attached hydrogens (tertiary/aromatic N) is 3. The van der Waals surface area contributed by atoms with E-state index in [1.807, 2.05) is 36.4 Å². The van der Waals surface area contributed by atoms with Crippen LogP contribution in [-0.2, 0) is 17.8 Å². The number of nitrogens with two attached hydrogens (primary N) is 1. The van der Waals surface area contributed by atoms with Gasteiger partial charge in [-0.15, -0.1) is 0 Å². The summed E-state index contributed by atoms with van der Waals surface area (Å²) in [5.41, 5.74) is 10.0. The molecule has 6 heteroatoms. The van der Waals surface area contributed by atoms with Gasteiger partial charge in [0.05, 0.1) is 16.7 Å². The molecule has 1 saturated heterocycles. The van der Waals surface area contributed by atoms with Crippen LogP contribution < -0.4 is 5.73 Å². The van der Waals surface area contributed by atoms with Crippen molar-refractivity contribution >= 4 is 28.7 Å². The van der Waals surface area contributed by atoms with Crippen molar-refractivity contribution in [2.75, 3.05) is 6.54 Å². The zero-order chi connectivity index (χ0) is 21.8. The predicted molar refractivity (Wildman–Crippen MR) is 125 cm³/mol. The molecule has 1 unspecified atom stereocenters. The number of aromatic nitrogens is 2. The zero-order valence-corrected chi connectivity index (χ0v) is 17.9. The average molecular weight is 416 g/mol. The summed E-state index contributed by atoms with van der Waals surface area (Å²) in [5, 5.41) is 7.46. The first-order valence-electron chi connectivity index (χ1n) is 10.8. The van der Waals surface area contributed by atoms with Crippen molar-refractivity contribution in [1.29, 1.82) is 5.41 Å². The lowest BCUT2D eigenvalue weighted by Gasteiger charge is -2.21. The van der Waals surface area contributed by atoms with Crippen LogP contribution in [0.25, 0.3) is 16.6 Å². The molecule has 1 aliphatic rings. The first-order chi connectivity index (χ1) is 15.1. The molecule has 0 bridgehead atoms. The number of pyridine rings is 1. The Morgan fingerprint density at radius 1 is 1.23 bits per heavy atom. The molecule has 160 valence electrons. The van der Waals surface area contributed by atoms with Gasteiger partial charge in [0.1, 0.15) is 0 Å². The first-order valence-corrected chi connectivity index (χ1v) is 10.8. The van der Waals surface area contributed by atoms with Crippen molar-refractivity contribution in [3.63, 3.8) is 0 Å². The van der Waals surface area contributed by atoms with Crippen LogP contribution in [0.3, 0.4) is 0 Å². The fourth-order valence-corrected chi connectivity index (χ4v) is 4.54. The van der Waals surface area contributed by atoms with E-state index in [4.69, 9.17) is 11.1 Å². The highest BCUT2D eigenvalue weighted by Crippen LogP contribution is 2.27. The monoisotopic (exact) mass is 415 g/mol. The first kappa shape index (κ1) is 20.8. The molecule has 1 fully saturated rings. The summed E-state index contributed by atoms with van der Waals surface area (Å²) in [6.45, 7) is 3.81. The molecule has 0 spiro atoms. The minimum Gasteiger partial charge on any atom is -0.404 e. The van der Waals surface area contributed by atoms with Gasteiger partial charge in [-0.05, 0) is 49.4 Å². The van der Waals surface area contributed by atoms with Gasteiger partial charge in [-0.1, -0.05) is 30.3 Å². The molecular formula is C25H29N5O. The highest BCUT2D eigenvalue weighted by atomic mass is 16.2. The highest BCUT2D eigenvalue weighted by molar-refractivity contribution is 6.07. The average Bonchev–Trinajstić information content (AvgIpc) is 3.36. The second-order valence-electron chi connectivity index (χ2n) is 8.32. The van der Waals surface area contributed by atoms with Crippen LogP contribution in [-0.4, -0.2) is 39.2 Å². The van der Waals surface area contributed by atoms with Crippen LogP contribution in [0.15, 0.2) is 60.9 Å². The van der Waals surface area contributed by atoms with E-state index in [0.29, 0.717) is 23.6 Å². The smallest absolute Gasteiger partial charge is 0.223 e. The van der Waals surface area contributed by atoms with Crippen LogP contribution in [0.5, 0.6) is 0 Å². The summed E-state index contributed by atoms with van der Waals surface area (Å²) in [5.74, 6) is 0.669. The van der Waals surface area contributed by atoms with E-state index in [2.05, 4.69) is 39.7 Å². The van der Waals surface area contributed by atoms with E-state index in [0.717, 1.165) is 37.0 Å². The summed E-state index contributed by atoms with van der Waals surface area (Å²) in [4.78, 5) is 19.5. The van der Waals surface area contributed by atoms with Crippen LogP contribution in [0, 0.1) is 11.3 Å². The van der Waals surface area contributed by atoms with E-state index in [1.54, 1.807) is 0 Å². The molecule has 1 aromatic carbocycles. The summed E-state index contributed by atoms with van der Waals surface area (Å²) >= 11 is 0. The van der Waals surface area contributed by atoms with Gasteiger partial charge in [-0.2, -0.15) is 0 Å². The Balaban J connectivity index is 1.40. The Bertz CT molecular complexity index is 1100. The Morgan fingerprint density at radius 3 is 2.77 bits per heavy atom. The molecule has 3 aromatic rings. The number of hydrogen-bond donors (Lipinski definition) is 2. The molecule has 0 saturated carbocycles. The van der Waals surface area contributed by atoms with Crippen LogP contribution in [0.2, 0.25) is 0 Å². The van der Waals surface area contributed by atoms with Crippen LogP contribution in [0.4, 0.5) is 0 Å². The molecular weight excluding hydrogens is 386 g/mol. The van der Waals surface area contributed by atoms with E-state index < -0.39 is 0 Å². The zero-order valence-electron chi connectivity index (χ0n) is 17.9. The fourth-order valence-electron chi connectivity index (χ4n) is 4.54. The molecule has 3 heterocycles. The van der Waals surface area contributed by atoms with Crippen molar-refractivity contribution in [3.8, 4) is 0 Å². The third-order valence-electron chi connectivity index (χ3n) is 6.16. The largest absolute Gasteiger partial charge is 0.404 e. The number of hydrogen-bond acceptors (Lipinski definition) is 4. The third kappa shape index (κ3) is 4.53. The maximum Gasteiger partial charge on any atom is 0.223 e. The molecule has 3 N–H and O–H groups in total. The van der Waals surface area contributed by atoms with Crippen molar-refractivity contribution < 1.29 is 4.79 Å². The maximum atomic E-state index is 12.8. The molecule has 2 aromatic heterocycles.